The zero-order chi connectivity index (χ0) is 10.7. The minimum atomic E-state index is -0.366. The Morgan fingerprint density at radius 3 is 2.81 bits per heavy atom. The van der Waals surface area contributed by atoms with Gasteiger partial charge in [0.05, 0.1) is 6.61 Å². The van der Waals surface area contributed by atoms with Crippen LogP contribution in [0.4, 0.5) is 0 Å². The highest BCUT2D eigenvalue weighted by molar-refractivity contribution is 6.02. The summed E-state index contributed by atoms with van der Waals surface area (Å²) in [5.41, 5.74) is 0.384. The molecule has 1 aromatic carbocycles. The van der Waals surface area contributed by atoms with Crippen LogP contribution >= 0.6 is 12.4 Å². The van der Waals surface area contributed by atoms with E-state index in [1.807, 2.05) is 30.3 Å². The van der Waals surface area contributed by atoms with Gasteiger partial charge in [-0.2, -0.15) is 0 Å². The summed E-state index contributed by atoms with van der Waals surface area (Å²) in [6.45, 7) is 2.15. The molecule has 4 heteroatoms. The Hall–Kier alpha value is -1.61. The summed E-state index contributed by atoms with van der Waals surface area (Å²) in [5, 5.41) is 1.83. The third-order valence-electron chi connectivity index (χ3n) is 2.14. The van der Waals surface area contributed by atoms with Crippen molar-refractivity contribution in [2.45, 2.75) is 6.92 Å². The van der Waals surface area contributed by atoms with Crippen LogP contribution in [0.15, 0.2) is 36.5 Å². The van der Waals surface area contributed by atoms with Crippen LogP contribution in [0.2, 0.25) is 0 Å². The fourth-order valence-electron chi connectivity index (χ4n) is 1.48. The van der Waals surface area contributed by atoms with Crippen molar-refractivity contribution in [3.8, 4) is 0 Å². The molecule has 2 rings (SSSR count). The van der Waals surface area contributed by atoms with Gasteiger partial charge >= 0.3 is 5.97 Å². The molecule has 0 amide bonds. The molecule has 0 bridgehead atoms. The summed E-state index contributed by atoms with van der Waals surface area (Å²) in [6.07, 6.45) is 1.62. The summed E-state index contributed by atoms with van der Waals surface area (Å²) in [6, 6.07) is 9.50. The van der Waals surface area contributed by atoms with E-state index in [0.29, 0.717) is 12.3 Å². The van der Waals surface area contributed by atoms with Gasteiger partial charge in [-0.25, -0.2) is 9.78 Å². The fourth-order valence-corrected chi connectivity index (χ4v) is 1.48. The van der Waals surface area contributed by atoms with E-state index in [9.17, 15) is 4.79 Å². The van der Waals surface area contributed by atoms with Crippen molar-refractivity contribution in [1.82, 2.24) is 4.98 Å². The van der Waals surface area contributed by atoms with Crippen LogP contribution in [-0.4, -0.2) is 17.6 Å². The third-order valence-corrected chi connectivity index (χ3v) is 2.14. The van der Waals surface area contributed by atoms with Gasteiger partial charge in [-0.3, -0.25) is 0 Å². The number of nitrogens with zero attached hydrogens (tertiary/aromatic N) is 1. The lowest BCUT2D eigenvalue weighted by molar-refractivity contribution is 0.0522. The van der Waals surface area contributed by atoms with Crippen molar-refractivity contribution < 1.29 is 9.53 Å². The molecule has 0 aliphatic rings. The number of pyridine rings is 1. The molecule has 0 spiro atoms. The average molecular weight is 238 g/mol. The predicted molar refractivity (Wildman–Crippen MR) is 64.9 cm³/mol. The van der Waals surface area contributed by atoms with Crippen molar-refractivity contribution in [2.75, 3.05) is 6.61 Å². The van der Waals surface area contributed by atoms with E-state index in [-0.39, 0.29) is 18.4 Å². The fraction of sp³-hybridized carbons (Fsp3) is 0.167. The predicted octanol–water partition coefficient (Wildman–Crippen LogP) is 2.83. The Morgan fingerprint density at radius 2 is 2.06 bits per heavy atom. The normalized spacial score (nSPS) is 9.56. The molecule has 0 unspecified atom stereocenters. The molecule has 16 heavy (non-hydrogen) atoms. The summed E-state index contributed by atoms with van der Waals surface area (Å²) in [4.78, 5) is 15.6. The van der Waals surface area contributed by atoms with Crippen LogP contribution in [0.25, 0.3) is 10.8 Å². The molecule has 0 atom stereocenters. The Kier molecular flexibility index (Phi) is 4.26. The van der Waals surface area contributed by atoms with Gasteiger partial charge < -0.3 is 4.74 Å². The number of esters is 1. The standard InChI is InChI=1S/C12H11NO2.ClH/c1-2-15-12(14)11-10-6-4-3-5-9(10)7-8-13-11;/h3-8H,2H2,1H3;1H. The molecule has 1 aromatic heterocycles. The largest absolute Gasteiger partial charge is 0.461 e. The number of carbonyl (C=O) groups excluding carboxylic acids is 1. The second kappa shape index (κ2) is 5.47. The smallest absolute Gasteiger partial charge is 0.357 e. The van der Waals surface area contributed by atoms with E-state index in [1.54, 1.807) is 13.1 Å². The highest BCUT2D eigenvalue weighted by Crippen LogP contribution is 2.16. The molecule has 0 N–H and O–H groups in total. The van der Waals surface area contributed by atoms with Crippen LogP contribution < -0.4 is 0 Å². The molecule has 2 aromatic rings. The first-order chi connectivity index (χ1) is 7.33. The minimum Gasteiger partial charge on any atom is -0.461 e. The van der Waals surface area contributed by atoms with Gasteiger partial charge in [-0.1, -0.05) is 24.3 Å². The van der Waals surface area contributed by atoms with Crippen LogP contribution in [0.3, 0.4) is 0 Å². The minimum absolute atomic E-state index is 0. The molecule has 3 nitrogen and oxygen atoms in total. The van der Waals surface area contributed by atoms with E-state index in [4.69, 9.17) is 4.74 Å². The lowest BCUT2D eigenvalue weighted by atomic mass is 10.1. The molecule has 0 saturated heterocycles. The van der Waals surface area contributed by atoms with E-state index < -0.39 is 0 Å². The molecule has 0 saturated carbocycles. The maximum atomic E-state index is 11.6. The van der Waals surface area contributed by atoms with Gasteiger partial charge in [0.15, 0.2) is 5.69 Å². The Labute approximate surface area is 99.9 Å². The number of fused-ring (bicyclic) bond motifs is 1. The van der Waals surface area contributed by atoms with Gasteiger partial charge in [0, 0.05) is 11.6 Å². The molecule has 0 radical (unpaired) electrons. The molecule has 0 fully saturated rings. The number of carbonyl (C=O) groups is 1. The number of ether oxygens (including phenoxy) is 1. The first kappa shape index (κ1) is 12.5. The number of halogens is 1. The molecule has 84 valence electrons. The van der Waals surface area contributed by atoms with Gasteiger partial charge in [0.1, 0.15) is 0 Å². The molecule has 0 aliphatic heterocycles. The second-order valence-electron chi connectivity index (χ2n) is 3.10. The Morgan fingerprint density at radius 1 is 1.31 bits per heavy atom. The van der Waals surface area contributed by atoms with E-state index in [2.05, 4.69) is 4.98 Å². The molecular weight excluding hydrogens is 226 g/mol. The summed E-state index contributed by atoms with van der Waals surface area (Å²) >= 11 is 0. The Bertz CT molecular complexity index is 494. The second-order valence-corrected chi connectivity index (χ2v) is 3.10. The van der Waals surface area contributed by atoms with Crippen LogP contribution in [0.1, 0.15) is 17.4 Å². The summed E-state index contributed by atoms with van der Waals surface area (Å²) < 4.78 is 4.93. The quantitative estimate of drug-likeness (QED) is 0.754. The lowest BCUT2D eigenvalue weighted by Gasteiger charge is -2.04. The molecule has 1 heterocycles. The Balaban J connectivity index is 0.00000128. The van der Waals surface area contributed by atoms with Gasteiger partial charge in [0.25, 0.3) is 0 Å². The number of hydrogen-bond acceptors (Lipinski definition) is 3. The SMILES string of the molecule is CCOC(=O)c1nccc2ccccc12.Cl. The maximum absolute atomic E-state index is 11.6. The lowest BCUT2D eigenvalue weighted by Crippen LogP contribution is -2.07. The highest BCUT2D eigenvalue weighted by Gasteiger charge is 2.11. The number of rotatable bonds is 2. The van der Waals surface area contributed by atoms with Crippen molar-refractivity contribution in [3.05, 3.63) is 42.2 Å². The zero-order valence-electron chi connectivity index (χ0n) is 8.84. The van der Waals surface area contributed by atoms with E-state index in [1.165, 1.54) is 0 Å². The first-order valence-electron chi connectivity index (χ1n) is 4.84. The van der Waals surface area contributed by atoms with Crippen molar-refractivity contribution in [3.63, 3.8) is 0 Å². The van der Waals surface area contributed by atoms with E-state index >= 15 is 0 Å². The van der Waals surface area contributed by atoms with Crippen molar-refractivity contribution in [1.29, 1.82) is 0 Å². The first-order valence-corrected chi connectivity index (χ1v) is 4.84. The number of benzene rings is 1. The topological polar surface area (TPSA) is 39.2 Å². The maximum Gasteiger partial charge on any atom is 0.357 e. The summed E-state index contributed by atoms with van der Waals surface area (Å²) in [7, 11) is 0. The third kappa shape index (κ3) is 2.31. The van der Waals surface area contributed by atoms with Gasteiger partial charge in [-0.05, 0) is 18.4 Å². The number of aromatic nitrogens is 1. The number of hydrogen-bond donors (Lipinski definition) is 0. The van der Waals surface area contributed by atoms with E-state index in [0.717, 1.165) is 10.8 Å². The van der Waals surface area contributed by atoms with Crippen molar-refractivity contribution in [2.24, 2.45) is 0 Å². The van der Waals surface area contributed by atoms with Gasteiger partial charge in [0.2, 0.25) is 0 Å². The zero-order valence-corrected chi connectivity index (χ0v) is 9.66. The molecular formula is C12H12ClNO2. The average Bonchev–Trinajstić information content (AvgIpc) is 2.28. The summed E-state index contributed by atoms with van der Waals surface area (Å²) in [5.74, 6) is -0.366. The van der Waals surface area contributed by atoms with Gasteiger partial charge in [-0.15, -0.1) is 12.4 Å². The molecule has 0 aliphatic carbocycles. The van der Waals surface area contributed by atoms with Crippen LogP contribution in [0, 0.1) is 0 Å². The van der Waals surface area contributed by atoms with Crippen molar-refractivity contribution >= 4 is 29.1 Å². The monoisotopic (exact) mass is 237 g/mol. The highest BCUT2D eigenvalue weighted by atomic mass is 35.5. The van der Waals surface area contributed by atoms with Crippen LogP contribution in [0.5, 0.6) is 0 Å². The van der Waals surface area contributed by atoms with Crippen LogP contribution in [-0.2, 0) is 4.74 Å².